The SMILES string of the molecule is CCOC(=O)C1CCN(C(=O)c2cc(Br)cn2CC)CC1. The highest BCUT2D eigenvalue weighted by Gasteiger charge is 2.29. The quantitative estimate of drug-likeness (QED) is 0.779. The Morgan fingerprint density at radius 3 is 2.57 bits per heavy atom. The predicted molar refractivity (Wildman–Crippen MR) is 83.1 cm³/mol. The van der Waals surface area contributed by atoms with Crippen LogP contribution in [0, 0.1) is 5.92 Å². The molecule has 1 fully saturated rings. The summed E-state index contributed by atoms with van der Waals surface area (Å²) in [5.41, 5.74) is 0.693. The Morgan fingerprint density at radius 2 is 2.00 bits per heavy atom. The van der Waals surface area contributed by atoms with E-state index in [2.05, 4.69) is 15.9 Å². The van der Waals surface area contributed by atoms with E-state index < -0.39 is 0 Å². The number of aryl methyl sites for hydroxylation is 1. The van der Waals surface area contributed by atoms with E-state index in [0.717, 1.165) is 11.0 Å². The van der Waals surface area contributed by atoms with Gasteiger partial charge in [-0.3, -0.25) is 9.59 Å². The van der Waals surface area contributed by atoms with E-state index in [1.165, 1.54) is 0 Å². The Morgan fingerprint density at radius 1 is 1.33 bits per heavy atom. The molecule has 5 nitrogen and oxygen atoms in total. The minimum absolute atomic E-state index is 0.0323. The number of hydrogen-bond acceptors (Lipinski definition) is 3. The average molecular weight is 357 g/mol. The first-order valence-corrected chi connectivity index (χ1v) is 8.17. The molecule has 0 aromatic carbocycles. The van der Waals surface area contributed by atoms with Gasteiger partial charge in [0.25, 0.3) is 5.91 Å². The van der Waals surface area contributed by atoms with Crippen molar-refractivity contribution in [2.45, 2.75) is 33.2 Å². The summed E-state index contributed by atoms with van der Waals surface area (Å²) >= 11 is 3.41. The third kappa shape index (κ3) is 3.67. The van der Waals surface area contributed by atoms with Gasteiger partial charge in [-0.05, 0) is 48.7 Å². The van der Waals surface area contributed by atoms with Crippen LogP contribution >= 0.6 is 15.9 Å². The highest BCUT2D eigenvalue weighted by atomic mass is 79.9. The molecular formula is C15H21BrN2O3. The van der Waals surface area contributed by atoms with Gasteiger partial charge in [-0.1, -0.05) is 0 Å². The first kappa shape index (κ1) is 16.1. The zero-order chi connectivity index (χ0) is 15.4. The van der Waals surface area contributed by atoms with Gasteiger partial charge in [0, 0.05) is 30.3 Å². The smallest absolute Gasteiger partial charge is 0.309 e. The molecule has 1 saturated heterocycles. The molecule has 0 atom stereocenters. The maximum atomic E-state index is 12.6. The molecule has 0 radical (unpaired) electrons. The lowest BCUT2D eigenvalue weighted by Crippen LogP contribution is -2.41. The minimum atomic E-state index is -0.135. The number of ether oxygens (including phenoxy) is 1. The van der Waals surface area contributed by atoms with E-state index in [9.17, 15) is 9.59 Å². The molecule has 2 heterocycles. The van der Waals surface area contributed by atoms with E-state index in [0.29, 0.717) is 38.2 Å². The Labute approximate surface area is 133 Å². The zero-order valence-corrected chi connectivity index (χ0v) is 14.1. The van der Waals surface area contributed by atoms with E-state index >= 15 is 0 Å². The minimum Gasteiger partial charge on any atom is -0.466 e. The number of carbonyl (C=O) groups is 2. The fourth-order valence-electron chi connectivity index (χ4n) is 2.66. The normalized spacial score (nSPS) is 16.0. The second kappa shape index (κ2) is 7.11. The second-order valence-corrected chi connectivity index (χ2v) is 6.06. The van der Waals surface area contributed by atoms with Gasteiger partial charge in [0.05, 0.1) is 12.5 Å². The van der Waals surface area contributed by atoms with Crippen molar-refractivity contribution in [1.29, 1.82) is 0 Å². The van der Waals surface area contributed by atoms with Crippen LogP contribution < -0.4 is 0 Å². The van der Waals surface area contributed by atoms with Crippen LogP contribution in [0.5, 0.6) is 0 Å². The molecule has 0 bridgehead atoms. The van der Waals surface area contributed by atoms with E-state index in [-0.39, 0.29) is 17.8 Å². The van der Waals surface area contributed by atoms with Crippen molar-refractivity contribution in [2.24, 2.45) is 5.92 Å². The fraction of sp³-hybridized carbons (Fsp3) is 0.600. The number of esters is 1. The number of amides is 1. The molecular weight excluding hydrogens is 336 g/mol. The predicted octanol–water partition coefficient (Wildman–Crippen LogP) is 2.69. The van der Waals surface area contributed by atoms with Gasteiger partial charge in [0.15, 0.2) is 0 Å². The molecule has 0 aliphatic carbocycles. The van der Waals surface area contributed by atoms with Crippen LogP contribution in [0.1, 0.15) is 37.2 Å². The molecule has 1 aliphatic rings. The molecule has 21 heavy (non-hydrogen) atoms. The molecule has 1 amide bonds. The maximum Gasteiger partial charge on any atom is 0.309 e. The van der Waals surface area contributed by atoms with Crippen LogP contribution in [-0.2, 0) is 16.1 Å². The number of aromatic nitrogens is 1. The van der Waals surface area contributed by atoms with Crippen molar-refractivity contribution in [2.75, 3.05) is 19.7 Å². The average Bonchev–Trinajstić information content (AvgIpc) is 2.88. The number of piperidine rings is 1. The van der Waals surface area contributed by atoms with Crippen LogP contribution in [0.15, 0.2) is 16.7 Å². The van der Waals surface area contributed by atoms with Gasteiger partial charge < -0.3 is 14.2 Å². The number of hydrogen-bond donors (Lipinski definition) is 0. The summed E-state index contributed by atoms with van der Waals surface area (Å²) < 4.78 is 7.89. The van der Waals surface area contributed by atoms with E-state index in [1.54, 1.807) is 0 Å². The van der Waals surface area contributed by atoms with Crippen molar-refractivity contribution >= 4 is 27.8 Å². The molecule has 0 saturated carbocycles. The lowest BCUT2D eigenvalue weighted by atomic mass is 9.97. The molecule has 0 spiro atoms. The molecule has 2 rings (SSSR count). The first-order chi connectivity index (χ1) is 10.1. The second-order valence-electron chi connectivity index (χ2n) is 5.15. The van der Waals surface area contributed by atoms with Crippen LogP contribution in [0.3, 0.4) is 0 Å². The maximum absolute atomic E-state index is 12.6. The Balaban J connectivity index is 1.98. The molecule has 1 aromatic rings. The Hall–Kier alpha value is -1.30. The monoisotopic (exact) mass is 356 g/mol. The topological polar surface area (TPSA) is 51.5 Å². The van der Waals surface area contributed by atoms with Crippen LogP contribution in [0.2, 0.25) is 0 Å². The van der Waals surface area contributed by atoms with Gasteiger partial charge in [0.2, 0.25) is 0 Å². The first-order valence-electron chi connectivity index (χ1n) is 7.38. The number of halogens is 1. The van der Waals surface area contributed by atoms with E-state index in [1.807, 2.05) is 35.6 Å². The van der Waals surface area contributed by atoms with Crippen molar-refractivity contribution in [3.8, 4) is 0 Å². The number of rotatable bonds is 4. The van der Waals surface area contributed by atoms with Crippen molar-refractivity contribution in [3.63, 3.8) is 0 Å². The number of carbonyl (C=O) groups excluding carboxylic acids is 2. The van der Waals surface area contributed by atoms with Crippen LogP contribution in [0.4, 0.5) is 0 Å². The van der Waals surface area contributed by atoms with E-state index in [4.69, 9.17) is 4.74 Å². The summed E-state index contributed by atoms with van der Waals surface area (Å²) in [7, 11) is 0. The van der Waals surface area contributed by atoms with Crippen molar-refractivity contribution in [1.82, 2.24) is 9.47 Å². The number of nitrogens with zero attached hydrogens (tertiary/aromatic N) is 2. The molecule has 116 valence electrons. The van der Waals surface area contributed by atoms with Crippen molar-refractivity contribution in [3.05, 3.63) is 22.4 Å². The van der Waals surface area contributed by atoms with Crippen LogP contribution in [0.25, 0.3) is 0 Å². The summed E-state index contributed by atoms with van der Waals surface area (Å²) in [6.07, 6.45) is 3.27. The molecule has 1 aliphatic heterocycles. The standard InChI is InChI=1S/C15H21BrN2O3/c1-3-17-10-12(16)9-13(17)14(19)18-7-5-11(6-8-18)15(20)21-4-2/h9-11H,3-8H2,1-2H3. The molecule has 1 aromatic heterocycles. The molecule has 0 N–H and O–H groups in total. The summed E-state index contributed by atoms with van der Waals surface area (Å²) in [5.74, 6) is -0.173. The Bertz CT molecular complexity index is 519. The van der Waals surface area contributed by atoms with Gasteiger partial charge in [-0.15, -0.1) is 0 Å². The van der Waals surface area contributed by atoms with Gasteiger partial charge >= 0.3 is 5.97 Å². The summed E-state index contributed by atoms with van der Waals surface area (Å²) in [5, 5.41) is 0. The van der Waals surface area contributed by atoms with Crippen molar-refractivity contribution < 1.29 is 14.3 Å². The molecule has 0 unspecified atom stereocenters. The van der Waals surface area contributed by atoms with Crippen LogP contribution in [-0.4, -0.2) is 41.0 Å². The highest BCUT2D eigenvalue weighted by molar-refractivity contribution is 9.10. The summed E-state index contributed by atoms with van der Waals surface area (Å²) in [6.45, 7) is 6.20. The lowest BCUT2D eigenvalue weighted by molar-refractivity contribution is -0.149. The van der Waals surface area contributed by atoms with Gasteiger partial charge in [-0.2, -0.15) is 0 Å². The number of likely N-dealkylation sites (tertiary alicyclic amines) is 1. The third-order valence-corrected chi connectivity index (χ3v) is 4.26. The van der Waals surface area contributed by atoms with Gasteiger partial charge in [0.1, 0.15) is 5.69 Å². The Kier molecular flexibility index (Phi) is 5.45. The fourth-order valence-corrected chi connectivity index (χ4v) is 3.12. The zero-order valence-electron chi connectivity index (χ0n) is 12.5. The summed E-state index contributed by atoms with van der Waals surface area (Å²) in [6, 6.07) is 1.85. The third-order valence-electron chi connectivity index (χ3n) is 3.83. The largest absolute Gasteiger partial charge is 0.466 e. The lowest BCUT2D eigenvalue weighted by Gasteiger charge is -2.31. The highest BCUT2D eigenvalue weighted by Crippen LogP contribution is 2.22. The molecule has 6 heteroatoms. The summed E-state index contributed by atoms with van der Waals surface area (Å²) in [4.78, 5) is 26.1. The van der Waals surface area contributed by atoms with Gasteiger partial charge in [-0.25, -0.2) is 0 Å².